The lowest BCUT2D eigenvalue weighted by molar-refractivity contribution is -0.140. The summed E-state index contributed by atoms with van der Waals surface area (Å²) in [5.41, 5.74) is 7.72. The minimum Gasteiger partial charge on any atom is -0.383 e. The maximum absolute atomic E-state index is 12.2. The van der Waals surface area contributed by atoms with Gasteiger partial charge in [0.2, 0.25) is 0 Å². The normalized spacial score (nSPS) is 19.9. The predicted octanol–water partition coefficient (Wildman–Crippen LogP) is 3.83. The summed E-state index contributed by atoms with van der Waals surface area (Å²) in [6.45, 7) is 4.19. The van der Waals surface area contributed by atoms with Gasteiger partial charge in [-0.2, -0.15) is 13.2 Å². The van der Waals surface area contributed by atoms with Crippen LogP contribution < -0.4 is 5.73 Å². The summed E-state index contributed by atoms with van der Waals surface area (Å²) in [4.78, 5) is 12.0. The average Bonchev–Trinajstić information content (AvgIpc) is 3.04. The summed E-state index contributed by atoms with van der Waals surface area (Å²) in [5, 5.41) is 0.180. The molecule has 1 atom stereocenters. The number of aryl methyl sites for hydroxylation is 1. The topological polar surface area (TPSA) is 80.1 Å². The summed E-state index contributed by atoms with van der Waals surface area (Å²) >= 11 is 0. The number of fused-ring (bicyclic) bond motifs is 2. The largest absolute Gasteiger partial charge is 0.431 e. The van der Waals surface area contributed by atoms with E-state index in [4.69, 9.17) is 10.5 Å². The zero-order valence-corrected chi connectivity index (χ0v) is 17.2. The smallest absolute Gasteiger partial charge is 0.383 e. The average molecular weight is 433 g/mol. The standard InChI is InChI=1S/C15H21NO.C7H5F3N4/c1-2-5-14-12-15(7-6-13(14)4-1)16-8-3-10-17-11-9-16;8-7(9,10)4-1-3-5(11)12-2-13-6(3)14-4/h1-2,4-5,15H,3,6-12H2;1-2H,(H3,11,12,13,14). The fourth-order valence-electron chi connectivity index (χ4n) is 4.23. The van der Waals surface area contributed by atoms with Crippen molar-refractivity contribution in [3.05, 3.63) is 53.5 Å². The number of aromatic amines is 1. The Kier molecular flexibility index (Phi) is 6.43. The van der Waals surface area contributed by atoms with Crippen molar-refractivity contribution >= 4 is 16.9 Å². The molecule has 1 unspecified atom stereocenters. The molecule has 6 nitrogen and oxygen atoms in total. The highest BCUT2D eigenvalue weighted by molar-refractivity contribution is 5.86. The SMILES string of the molecule is Nc1ncnc2[nH]c(C(F)(F)F)cc12.c1ccc2c(c1)CCC(N1CCCOCC1)C2. The molecule has 0 amide bonds. The van der Waals surface area contributed by atoms with Crippen LogP contribution in [0.25, 0.3) is 11.0 Å². The molecule has 1 fully saturated rings. The van der Waals surface area contributed by atoms with Crippen LogP contribution >= 0.6 is 0 Å². The molecule has 9 heteroatoms. The molecule has 0 saturated carbocycles. The number of hydrogen-bond acceptors (Lipinski definition) is 5. The van der Waals surface area contributed by atoms with Crippen molar-refractivity contribution in [1.29, 1.82) is 0 Å². The molecule has 0 bridgehead atoms. The number of H-pyrrole nitrogens is 1. The van der Waals surface area contributed by atoms with E-state index < -0.39 is 11.9 Å². The van der Waals surface area contributed by atoms with E-state index >= 15 is 0 Å². The number of nitrogens with two attached hydrogens (primary N) is 1. The molecule has 31 heavy (non-hydrogen) atoms. The maximum Gasteiger partial charge on any atom is 0.431 e. The summed E-state index contributed by atoms with van der Waals surface area (Å²) in [7, 11) is 0. The minimum atomic E-state index is -4.42. The van der Waals surface area contributed by atoms with Gasteiger partial charge in [0.15, 0.2) is 0 Å². The lowest BCUT2D eigenvalue weighted by Gasteiger charge is -2.34. The fourth-order valence-corrected chi connectivity index (χ4v) is 4.23. The molecule has 5 rings (SSSR count). The van der Waals surface area contributed by atoms with Crippen LogP contribution in [0.4, 0.5) is 19.0 Å². The van der Waals surface area contributed by atoms with E-state index in [0.717, 1.165) is 38.2 Å². The Morgan fingerprint density at radius 2 is 1.90 bits per heavy atom. The Bertz CT molecular complexity index is 1010. The van der Waals surface area contributed by atoms with Gasteiger partial charge in [-0.1, -0.05) is 24.3 Å². The highest BCUT2D eigenvalue weighted by Crippen LogP contribution is 2.31. The van der Waals surface area contributed by atoms with Crippen molar-refractivity contribution in [3.8, 4) is 0 Å². The van der Waals surface area contributed by atoms with E-state index in [1.807, 2.05) is 0 Å². The Hall–Kier alpha value is -2.65. The van der Waals surface area contributed by atoms with Crippen LogP contribution in [-0.4, -0.2) is 52.2 Å². The van der Waals surface area contributed by atoms with Gasteiger partial charge in [0, 0.05) is 25.7 Å². The third-order valence-electron chi connectivity index (χ3n) is 5.86. The second-order valence-electron chi connectivity index (χ2n) is 7.87. The predicted molar refractivity (Wildman–Crippen MR) is 113 cm³/mol. The molecule has 0 radical (unpaired) electrons. The second kappa shape index (κ2) is 9.23. The molecule has 3 N–H and O–H groups in total. The van der Waals surface area contributed by atoms with Crippen LogP contribution in [0.1, 0.15) is 29.7 Å². The van der Waals surface area contributed by atoms with Crippen LogP contribution in [0.2, 0.25) is 0 Å². The van der Waals surface area contributed by atoms with Crippen molar-refractivity contribution in [2.75, 3.05) is 32.0 Å². The van der Waals surface area contributed by atoms with Crippen LogP contribution in [0.15, 0.2) is 36.7 Å². The lowest BCUT2D eigenvalue weighted by atomic mass is 9.87. The van der Waals surface area contributed by atoms with Gasteiger partial charge in [0.25, 0.3) is 0 Å². The van der Waals surface area contributed by atoms with E-state index in [9.17, 15) is 13.2 Å². The first-order valence-electron chi connectivity index (χ1n) is 10.5. The molecule has 1 aromatic carbocycles. The number of nitrogens with one attached hydrogen (secondary N) is 1. The highest BCUT2D eigenvalue weighted by Gasteiger charge is 2.33. The molecular formula is C22H26F3N5O. The lowest BCUT2D eigenvalue weighted by Crippen LogP contribution is -2.40. The molecule has 2 aliphatic rings. The summed E-state index contributed by atoms with van der Waals surface area (Å²) in [5.74, 6) is 0.0294. The Morgan fingerprint density at radius 3 is 2.68 bits per heavy atom. The van der Waals surface area contributed by atoms with E-state index in [0.29, 0.717) is 0 Å². The number of anilines is 1. The van der Waals surface area contributed by atoms with Crippen LogP contribution in [0.3, 0.4) is 0 Å². The molecule has 1 aliphatic heterocycles. The number of hydrogen-bond donors (Lipinski definition) is 2. The first kappa shape index (κ1) is 21.6. The summed E-state index contributed by atoms with van der Waals surface area (Å²) < 4.78 is 42.3. The third kappa shape index (κ3) is 5.16. The van der Waals surface area contributed by atoms with E-state index in [1.165, 1.54) is 32.2 Å². The fraction of sp³-hybridized carbons (Fsp3) is 0.455. The molecular weight excluding hydrogens is 407 g/mol. The van der Waals surface area contributed by atoms with Gasteiger partial charge in [-0.3, -0.25) is 4.90 Å². The summed E-state index contributed by atoms with van der Waals surface area (Å²) in [6.07, 6.45) is 1.67. The van der Waals surface area contributed by atoms with Crippen molar-refractivity contribution in [1.82, 2.24) is 19.9 Å². The van der Waals surface area contributed by atoms with Gasteiger partial charge in [0.1, 0.15) is 23.5 Å². The molecule has 166 valence electrons. The van der Waals surface area contributed by atoms with Gasteiger partial charge in [0.05, 0.1) is 12.0 Å². The maximum atomic E-state index is 12.2. The van der Waals surface area contributed by atoms with Crippen molar-refractivity contribution in [3.63, 3.8) is 0 Å². The molecule has 3 aromatic rings. The number of aromatic nitrogens is 3. The number of ether oxygens (including phenoxy) is 1. The molecule has 2 aromatic heterocycles. The quantitative estimate of drug-likeness (QED) is 0.610. The molecule has 0 spiro atoms. The molecule has 3 heterocycles. The number of rotatable bonds is 1. The number of halogens is 3. The third-order valence-corrected chi connectivity index (χ3v) is 5.86. The first-order chi connectivity index (χ1) is 14.9. The molecule has 1 aliphatic carbocycles. The number of nitrogens with zero attached hydrogens (tertiary/aromatic N) is 3. The Balaban J connectivity index is 0.000000152. The van der Waals surface area contributed by atoms with Gasteiger partial charge in [-0.05, 0) is 42.9 Å². The van der Waals surface area contributed by atoms with Crippen LogP contribution in [-0.2, 0) is 23.8 Å². The highest BCUT2D eigenvalue weighted by atomic mass is 19.4. The number of nitrogen functional groups attached to an aromatic ring is 1. The van der Waals surface area contributed by atoms with E-state index in [1.54, 1.807) is 11.1 Å². The van der Waals surface area contributed by atoms with Gasteiger partial charge in [-0.25, -0.2) is 9.97 Å². The van der Waals surface area contributed by atoms with Crippen LogP contribution in [0.5, 0.6) is 0 Å². The Morgan fingerprint density at radius 1 is 1.10 bits per heavy atom. The van der Waals surface area contributed by atoms with Gasteiger partial charge >= 0.3 is 6.18 Å². The second-order valence-corrected chi connectivity index (χ2v) is 7.87. The van der Waals surface area contributed by atoms with E-state index in [-0.39, 0.29) is 16.9 Å². The van der Waals surface area contributed by atoms with Crippen molar-refractivity contribution in [2.24, 2.45) is 0 Å². The first-order valence-corrected chi connectivity index (χ1v) is 10.5. The van der Waals surface area contributed by atoms with Crippen molar-refractivity contribution < 1.29 is 17.9 Å². The Labute approximate surface area is 178 Å². The zero-order valence-electron chi connectivity index (χ0n) is 17.2. The van der Waals surface area contributed by atoms with Crippen molar-refractivity contribution in [2.45, 2.75) is 37.9 Å². The number of benzene rings is 1. The minimum absolute atomic E-state index is 0.0294. The summed E-state index contributed by atoms with van der Waals surface area (Å²) in [6, 6.07) is 10.6. The zero-order chi connectivity index (χ0) is 21.8. The van der Waals surface area contributed by atoms with Gasteiger partial charge < -0.3 is 15.5 Å². The monoisotopic (exact) mass is 433 g/mol. The van der Waals surface area contributed by atoms with Crippen LogP contribution in [0, 0.1) is 0 Å². The molecule has 1 saturated heterocycles. The number of alkyl halides is 3. The van der Waals surface area contributed by atoms with Gasteiger partial charge in [-0.15, -0.1) is 0 Å². The van der Waals surface area contributed by atoms with E-state index in [2.05, 4.69) is 44.1 Å².